The molecule has 1 aliphatic heterocycles. The lowest BCUT2D eigenvalue weighted by molar-refractivity contribution is -0.117. The molecule has 0 aromatic heterocycles. The van der Waals surface area contributed by atoms with Crippen LogP contribution < -0.4 is 19.7 Å². The average Bonchev–Trinajstić information content (AvgIpc) is 3.07. The standard InChI is InChI=1S/C17H16N2O4/c1-19(13-7-8-14-15(9-13)23-11-22-14)16(20)10-18-17(21)12-5-3-2-4-6-12/h2-9H,10-11H2,1H3,(H,18,21). The highest BCUT2D eigenvalue weighted by molar-refractivity contribution is 6.00. The summed E-state index contributed by atoms with van der Waals surface area (Å²) in [5.41, 5.74) is 1.19. The maximum atomic E-state index is 12.2. The molecule has 0 atom stereocenters. The summed E-state index contributed by atoms with van der Waals surface area (Å²) in [7, 11) is 1.65. The molecule has 0 radical (unpaired) electrons. The summed E-state index contributed by atoms with van der Waals surface area (Å²) >= 11 is 0. The molecule has 0 saturated heterocycles. The molecule has 3 rings (SSSR count). The Morgan fingerprint density at radius 3 is 2.61 bits per heavy atom. The number of amides is 2. The molecule has 1 aliphatic rings. The summed E-state index contributed by atoms with van der Waals surface area (Å²) in [5.74, 6) is 0.758. The minimum Gasteiger partial charge on any atom is -0.454 e. The smallest absolute Gasteiger partial charge is 0.251 e. The zero-order valence-corrected chi connectivity index (χ0v) is 12.6. The van der Waals surface area contributed by atoms with E-state index in [9.17, 15) is 9.59 Å². The van der Waals surface area contributed by atoms with E-state index in [-0.39, 0.29) is 25.2 Å². The van der Waals surface area contributed by atoms with Crippen molar-refractivity contribution >= 4 is 17.5 Å². The van der Waals surface area contributed by atoms with Crippen LogP contribution in [0.3, 0.4) is 0 Å². The molecule has 118 valence electrons. The second-order valence-corrected chi connectivity index (χ2v) is 5.04. The SMILES string of the molecule is CN(C(=O)CNC(=O)c1ccccc1)c1ccc2c(c1)OCO2. The molecule has 23 heavy (non-hydrogen) atoms. The molecular formula is C17H16N2O4. The predicted molar refractivity (Wildman–Crippen MR) is 84.8 cm³/mol. The number of nitrogens with zero attached hydrogens (tertiary/aromatic N) is 1. The number of rotatable bonds is 4. The van der Waals surface area contributed by atoms with Crippen molar-refractivity contribution in [2.24, 2.45) is 0 Å². The van der Waals surface area contributed by atoms with E-state index in [1.807, 2.05) is 6.07 Å². The summed E-state index contributed by atoms with van der Waals surface area (Å²) in [6.45, 7) is 0.0995. The van der Waals surface area contributed by atoms with Crippen molar-refractivity contribution in [2.45, 2.75) is 0 Å². The average molecular weight is 312 g/mol. The van der Waals surface area contributed by atoms with E-state index in [4.69, 9.17) is 9.47 Å². The van der Waals surface area contributed by atoms with Gasteiger partial charge in [0.2, 0.25) is 12.7 Å². The maximum absolute atomic E-state index is 12.2. The van der Waals surface area contributed by atoms with Gasteiger partial charge in [0.1, 0.15) is 0 Å². The second kappa shape index (κ2) is 6.39. The Morgan fingerprint density at radius 1 is 1.09 bits per heavy atom. The lowest BCUT2D eigenvalue weighted by Crippen LogP contribution is -2.38. The summed E-state index contributed by atoms with van der Waals surface area (Å²) in [4.78, 5) is 25.6. The second-order valence-electron chi connectivity index (χ2n) is 5.04. The van der Waals surface area contributed by atoms with Gasteiger partial charge in [0, 0.05) is 24.4 Å². The molecule has 0 unspecified atom stereocenters. The fourth-order valence-corrected chi connectivity index (χ4v) is 2.20. The highest BCUT2D eigenvalue weighted by atomic mass is 16.7. The van der Waals surface area contributed by atoms with Crippen molar-refractivity contribution in [1.82, 2.24) is 5.32 Å². The molecule has 2 amide bonds. The highest BCUT2D eigenvalue weighted by Crippen LogP contribution is 2.35. The van der Waals surface area contributed by atoms with Gasteiger partial charge in [0.15, 0.2) is 11.5 Å². The third kappa shape index (κ3) is 3.26. The Hall–Kier alpha value is -3.02. The van der Waals surface area contributed by atoms with Crippen LogP contribution in [0.4, 0.5) is 5.69 Å². The number of ether oxygens (including phenoxy) is 2. The molecule has 0 fully saturated rings. The van der Waals surface area contributed by atoms with Gasteiger partial charge in [-0.05, 0) is 24.3 Å². The van der Waals surface area contributed by atoms with Gasteiger partial charge < -0.3 is 19.7 Å². The molecular weight excluding hydrogens is 296 g/mol. The van der Waals surface area contributed by atoms with Crippen LogP contribution >= 0.6 is 0 Å². The molecule has 0 saturated carbocycles. The van der Waals surface area contributed by atoms with E-state index in [0.29, 0.717) is 22.7 Å². The number of nitrogens with one attached hydrogen (secondary N) is 1. The Labute approximate surface area is 133 Å². The first kappa shape index (κ1) is 14.9. The van der Waals surface area contributed by atoms with E-state index >= 15 is 0 Å². The Balaban J connectivity index is 1.61. The molecule has 2 aromatic carbocycles. The van der Waals surface area contributed by atoms with Crippen molar-refractivity contribution in [1.29, 1.82) is 0 Å². The fraction of sp³-hybridized carbons (Fsp3) is 0.176. The van der Waals surface area contributed by atoms with Crippen LogP contribution in [0.25, 0.3) is 0 Å². The van der Waals surface area contributed by atoms with Gasteiger partial charge in [-0.15, -0.1) is 0 Å². The number of carbonyl (C=O) groups is 2. The van der Waals surface area contributed by atoms with Crippen molar-refractivity contribution in [3.8, 4) is 11.5 Å². The van der Waals surface area contributed by atoms with Gasteiger partial charge in [0.25, 0.3) is 5.91 Å². The number of hydrogen-bond acceptors (Lipinski definition) is 4. The van der Waals surface area contributed by atoms with E-state index < -0.39 is 0 Å². The number of benzene rings is 2. The van der Waals surface area contributed by atoms with Crippen LogP contribution in [-0.4, -0.2) is 32.2 Å². The minimum absolute atomic E-state index is 0.0847. The van der Waals surface area contributed by atoms with E-state index in [2.05, 4.69) is 5.32 Å². The fourth-order valence-electron chi connectivity index (χ4n) is 2.20. The van der Waals surface area contributed by atoms with Crippen molar-refractivity contribution < 1.29 is 19.1 Å². The number of likely N-dealkylation sites (N-methyl/N-ethyl adjacent to an activating group) is 1. The zero-order chi connectivity index (χ0) is 16.2. The van der Waals surface area contributed by atoms with Crippen LogP contribution in [0.1, 0.15) is 10.4 Å². The first-order valence-electron chi connectivity index (χ1n) is 7.14. The predicted octanol–water partition coefficient (Wildman–Crippen LogP) is 1.81. The number of fused-ring (bicyclic) bond motifs is 1. The summed E-state index contributed by atoms with van der Waals surface area (Å²) < 4.78 is 10.5. The Kier molecular flexibility index (Phi) is 4.14. The molecule has 6 nitrogen and oxygen atoms in total. The molecule has 0 aliphatic carbocycles. The molecule has 1 heterocycles. The van der Waals surface area contributed by atoms with Gasteiger partial charge in [-0.25, -0.2) is 0 Å². The van der Waals surface area contributed by atoms with Gasteiger partial charge in [0.05, 0.1) is 6.54 Å². The maximum Gasteiger partial charge on any atom is 0.251 e. The molecule has 0 bridgehead atoms. The first-order chi connectivity index (χ1) is 11.1. The van der Waals surface area contributed by atoms with Crippen molar-refractivity contribution in [2.75, 3.05) is 25.3 Å². The van der Waals surface area contributed by atoms with Crippen molar-refractivity contribution in [3.63, 3.8) is 0 Å². The van der Waals surface area contributed by atoms with Gasteiger partial charge >= 0.3 is 0 Å². The lowest BCUT2D eigenvalue weighted by atomic mass is 10.2. The van der Waals surface area contributed by atoms with Crippen LogP contribution in [0, 0.1) is 0 Å². The van der Waals surface area contributed by atoms with Gasteiger partial charge in [-0.3, -0.25) is 9.59 Å². The van der Waals surface area contributed by atoms with E-state index in [1.54, 1.807) is 49.5 Å². The third-order valence-corrected chi connectivity index (χ3v) is 3.55. The number of hydrogen-bond donors (Lipinski definition) is 1. The normalized spacial score (nSPS) is 11.9. The quantitative estimate of drug-likeness (QED) is 0.935. The molecule has 1 N–H and O–H groups in total. The zero-order valence-electron chi connectivity index (χ0n) is 12.6. The Morgan fingerprint density at radius 2 is 1.83 bits per heavy atom. The lowest BCUT2D eigenvalue weighted by Gasteiger charge is -2.18. The van der Waals surface area contributed by atoms with Crippen LogP contribution in [0.15, 0.2) is 48.5 Å². The van der Waals surface area contributed by atoms with Crippen LogP contribution in [0.5, 0.6) is 11.5 Å². The molecule has 0 spiro atoms. The summed E-state index contributed by atoms with van der Waals surface area (Å²) in [6.07, 6.45) is 0. The summed E-state index contributed by atoms with van der Waals surface area (Å²) in [6, 6.07) is 14.0. The van der Waals surface area contributed by atoms with E-state index in [0.717, 1.165) is 0 Å². The van der Waals surface area contributed by atoms with E-state index in [1.165, 1.54) is 4.90 Å². The van der Waals surface area contributed by atoms with Crippen LogP contribution in [-0.2, 0) is 4.79 Å². The first-order valence-corrected chi connectivity index (χ1v) is 7.14. The number of anilines is 1. The number of carbonyl (C=O) groups excluding carboxylic acids is 2. The van der Waals surface area contributed by atoms with Gasteiger partial charge in [-0.2, -0.15) is 0 Å². The topological polar surface area (TPSA) is 67.9 Å². The monoisotopic (exact) mass is 312 g/mol. The third-order valence-electron chi connectivity index (χ3n) is 3.55. The van der Waals surface area contributed by atoms with Crippen molar-refractivity contribution in [3.05, 3.63) is 54.1 Å². The Bertz CT molecular complexity index is 731. The summed E-state index contributed by atoms with van der Waals surface area (Å²) in [5, 5.41) is 2.62. The van der Waals surface area contributed by atoms with Gasteiger partial charge in [-0.1, -0.05) is 18.2 Å². The highest BCUT2D eigenvalue weighted by Gasteiger charge is 2.18. The largest absolute Gasteiger partial charge is 0.454 e. The molecule has 6 heteroatoms. The molecule has 2 aromatic rings. The van der Waals surface area contributed by atoms with Crippen LogP contribution in [0.2, 0.25) is 0 Å². The minimum atomic E-state index is -0.280.